The molecule has 0 saturated carbocycles. The van der Waals surface area contributed by atoms with Gasteiger partial charge in [-0.1, -0.05) is 13.8 Å². The first-order valence-electron chi connectivity index (χ1n) is 10.0. The van der Waals surface area contributed by atoms with E-state index in [0.29, 0.717) is 30.3 Å². The number of sulfonamides is 1. The number of hydrogen-bond donors (Lipinski definition) is 1. The molecule has 0 aliphatic rings. The zero-order valence-electron chi connectivity index (χ0n) is 18.5. The predicted molar refractivity (Wildman–Crippen MR) is 136 cm³/mol. The number of nitrogens with one attached hydrogen (secondary N) is 1. The lowest BCUT2D eigenvalue weighted by Crippen LogP contribution is -2.39. The summed E-state index contributed by atoms with van der Waals surface area (Å²) in [6.07, 6.45) is 2.75. The highest BCUT2D eigenvalue weighted by Gasteiger charge is 2.23. The van der Waals surface area contributed by atoms with E-state index in [1.54, 1.807) is 6.07 Å². The molecule has 0 radical (unpaired) electrons. The number of guanidine groups is 1. The smallest absolute Gasteiger partial charge is 0.252 e. The van der Waals surface area contributed by atoms with Crippen LogP contribution in [0, 0.1) is 0 Å². The molecule has 0 unspecified atom stereocenters. The van der Waals surface area contributed by atoms with Crippen molar-refractivity contribution >= 4 is 51.3 Å². The summed E-state index contributed by atoms with van der Waals surface area (Å²) in [6.45, 7) is 8.89. The lowest BCUT2D eigenvalue weighted by atomic mass is 10.3. The first-order valence-corrected chi connectivity index (χ1v) is 12.3. The largest absolute Gasteiger partial charge is 0.357 e. The Morgan fingerprint density at radius 3 is 2.47 bits per heavy atom. The quantitative estimate of drug-likeness (QED) is 0.272. The van der Waals surface area contributed by atoms with Gasteiger partial charge in [-0.05, 0) is 31.2 Å². The summed E-state index contributed by atoms with van der Waals surface area (Å²) in [4.78, 5) is 7.86. The van der Waals surface area contributed by atoms with Crippen molar-refractivity contribution in [2.24, 2.45) is 12.0 Å². The Hall–Kier alpha value is -1.11. The van der Waals surface area contributed by atoms with Crippen molar-refractivity contribution in [3.05, 3.63) is 41.0 Å². The third-order valence-electron chi connectivity index (χ3n) is 4.70. The van der Waals surface area contributed by atoms with Gasteiger partial charge in [0, 0.05) is 63.5 Å². The van der Waals surface area contributed by atoms with Crippen molar-refractivity contribution in [2.45, 2.75) is 37.9 Å². The summed E-state index contributed by atoms with van der Waals surface area (Å²) in [5, 5.41) is 3.33. The summed E-state index contributed by atoms with van der Waals surface area (Å²) in [5.41, 5.74) is 1.21. The van der Waals surface area contributed by atoms with Crippen molar-refractivity contribution in [1.82, 2.24) is 19.1 Å². The topological polar surface area (TPSA) is 69.9 Å². The van der Waals surface area contributed by atoms with Crippen LogP contribution >= 0.6 is 35.3 Å². The van der Waals surface area contributed by atoms with Crippen molar-refractivity contribution < 1.29 is 8.42 Å². The molecule has 0 amide bonds. The van der Waals surface area contributed by atoms with Gasteiger partial charge in [-0.25, -0.2) is 8.42 Å². The van der Waals surface area contributed by atoms with E-state index in [9.17, 15) is 8.42 Å². The fraction of sp³-hybridized carbons (Fsp3) is 0.550. The highest BCUT2D eigenvalue weighted by molar-refractivity contribution is 14.0. The maximum Gasteiger partial charge on any atom is 0.252 e. The van der Waals surface area contributed by atoms with Gasteiger partial charge in [-0.3, -0.25) is 4.99 Å². The van der Waals surface area contributed by atoms with Crippen molar-refractivity contribution in [3.63, 3.8) is 0 Å². The summed E-state index contributed by atoms with van der Waals surface area (Å²) < 4.78 is 29.3. The van der Waals surface area contributed by atoms with Crippen LogP contribution in [-0.4, -0.2) is 61.4 Å². The minimum absolute atomic E-state index is 0. The number of hydrogen-bond acceptors (Lipinski definition) is 4. The number of halogens is 1. The second-order valence-corrected chi connectivity index (χ2v) is 10.1. The molecule has 0 fully saturated rings. The van der Waals surface area contributed by atoms with E-state index in [4.69, 9.17) is 4.99 Å². The van der Waals surface area contributed by atoms with Crippen molar-refractivity contribution in [1.29, 1.82) is 0 Å². The van der Waals surface area contributed by atoms with Gasteiger partial charge in [0.2, 0.25) is 0 Å². The fourth-order valence-corrected chi connectivity index (χ4v) is 6.00. The van der Waals surface area contributed by atoms with E-state index >= 15 is 0 Å². The monoisotopic (exact) mass is 567 g/mol. The number of aliphatic imine (C=N–C) groups is 1. The summed E-state index contributed by atoms with van der Waals surface area (Å²) in [7, 11) is 0.674. The van der Waals surface area contributed by atoms with Crippen LogP contribution in [0.2, 0.25) is 0 Å². The second-order valence-electron chi connectivity index (χ2n) is 6.76. The van der Waals surface area contributed by atoms with Crippen LogP contribution in [0.25, 0.3) is 0 Å². The third-order valence-corrected chi connectivity index (χ3v) is 8.37. The fourth-order valence-electron chi connectivity index (χ4n) is 3.04. The third kappa shape index (κ3) is 6.96. The Labute approximate surface area is 202 Å². The molecule has 2 heterocycles. The molecule has 0 bridgehead atoms. The van der Waals surface area contributed by atoms with Crippen LogP contribution in [0.5, 0.6) is 0 Å². The molecule has 30 heavy (non-hydrogen) atoms. The molecular formula is C20H34IN5O2S2. The molecule has 0 aliphatic heterocycles. The number of nitrogens with zero attached hydrogens (tertiary/aromatic N) is 4. The summed E-state index contributed by atoms with van der Waals surface area (Å²) >= 11 is 1.34. The van der Waals surface area contributed by atoms with Crippen LogP contribution in [0.15, 0.2) is 39.7 Å². The van der Waals surface area contributed by atoms with Crippen LogP contribution in [0.3, 0.4) is 0 Å². The van der Waals surface area contributed by atoms with Crippen LogP contribution < -0.4 is 5.32 Å². The minimum Gasteiger partial charge on any atom is -0.357 e. The van der Waals surface area contributed by atoms with Crippen molar-refractivity contribution in [2.75, 3.05) is 33.2 Å². The maximum atomic E-state index is 12.6. The predicted octanol–water partition coefficient (Wildman–Crippen LogP) is 3.38. The molecule has 7 nitrogen and oxygen atoms in total. The molecule has 0 aliphatic carbocycles. The zero-order valence-corrected chi connectivity index (χ0v) is 22.4. The first kappa shape index (κ1) is 26.9. The number of thiophene rings is 1. The van der Waals surface area contributed by atoms with E-state index in [1.807, 2.05) is 46.3 Å². The highest BCUT2D eigenvalue weighted by Crippen LogP contribution is 2.25. The molecule has 2 aromatic rings. The standard InChI is InChI=1S/C20H33N5O2S2.HI/c1-6-21-20(24(5)16-17-10-9-15-23(17)4)22-14-13-18-11-12-19(28-18)29(26,27)25(7-2)8-3;/h9-12,15H,6-8,13-14,16H2,1-5H3,(H,21,22);1H. The number of aryl methyl sites for hydroxylation is 1. The highest BCUT2D eigenvalue weighted by atomic mass is 127. The van der Waals surface area contributed by atoms with E-state index < -0.39 is 10.0 Å². The molecule has 0 atom stereocenters. The zero-order chi connectivity index (χ0) is 21.4. The van der Waals surface area contributed by atoms with E-state index in [-0.39, 0.29) is 24.0 Å². The van der Waals surface area contributed by atoms with E-state index in [1.165, 1.54) is 21.3 Å². The van der Waals surface area contributed by atoms with Gasteiger partial charge in [0.15, 0.2) is 5.96 Å². The normalized spacial score (nSPS) is 12.1. The Morgan fingerprint density at radius 1 is 1.20 bits per heavy atom. The lowest BCUT2D eigenvalue weighted by molar-refractivity contribution is 0.447. The second kappa shape index (κ2) is 12.7. The lowest BCUT2D eigenvalue weighted by Gasteiger charge is -2.22. The Balaban J connectivity index is 0.00000450. The van der Waals surface area contributed by atoms with Gasteiger partial charge in [-0.15, -0.1) is 35.3 Å². The SMILES string of the molecule is CCNC(=NCCc1ccc(S(=O)(=O)N(CC)CC)s1)N(C)Cc1cccn1C.I. The number of rotatable bonds is 10. The Morgan fingerprint density at radius 2 is 1.90 bits per heavy atom. The van der Waals surface area contributed by atoms with Crippen LogP contribution in [0.1, 0.15) is 31.3 Å². The molecule has 0 spiro atoms. The molecule has 2 aromatic heterocycles. The Bertz CT molecular complexity index is 904. The van der Waals surface area contributed by atoms with Gasteiger partial charge in [-0.2, -0.15) is 4.31 Å². The van der Waals surface area contributed by atoms with Gasteiger partial charge < -0.3 is 14.8 Å². The summed E-state index contributed by atoms with van der Waals surface area (Å²) in [6, 6.07) is 7.75. The van der Waals surface area contributed by atoms with Crippen LogP contribution in [0.4, 0.5) is 0 Å². The minimum atomic E-state index is -3.38. The Kier molecular flexibility index (Phi) is 11.4. The molecule has 2 rings (SSSR count). The molecule has 0 saturated heterocycles. The maximum absolute atomic E-state index is 12.6. The van der Waals surface area contributed by atoms with Gasteiger partial charge >= 0.3 is 0 Å². The average Bonchev–Trinajstić information content (AvgIpc) is 3.31. The van der Waals surface area contributed by atoms with Crippen molar-refractivity contribution in [3.8, 4) is 0 Å². The molecule has 0 aromatic carbocycles. The van der Waals surface area contributed by atoms with Crippen LogP contribution in [-0.2, 0) is 30.0 Å². The molecular weight excluding hydrogens is 533 g/mol. The van der Waals surface area contributed by atoms with E-state index in [2.05, 4.69) is 27.8 Å². The molecule has 170 valence electrons. The average molecular weight is 568 g/mol. The molecule has 1 N–H and O–H groups in total. The molecule has 10 heteroatoms. The van der Waals surface area contributed by atoms with Gasteiger partial charge in [0.1, 0.15) is 4.21 Å². The number of aromatic nitrogens is 1. The van der Waals surface area contributed by atoms with Gasteiger partial charge in [0.25, 0.3) is 10.0 Å². The van der Waals surface area contributed by atoms with Gasteiger partial charge in [0.05, 0.1) is 6.54 Å². The first-order chi connectivity index (χ1) is 13.8. The summed E-state index contributed by atoms with van der Waals surface area (Å²) in [5.74, 6) is 0.848. The van der Waals surface area contributed by atoms with E-state index in [0.717, 1.165) is 23.9 Å².